The van der Waals surface area contributed by atoms with Gasteiger partial charge in [0.1, 0.15) is 12.0 Å². The normalized spacial score (nSPS) is 21.0. The van der Waals surface area contributed by atoms with Crippen molar-refractivity contribution in [2.75, 3.05) is 4.31 Å². The molecule has 1 aliphatic rings. The molecule has 3 aromatic carbocycles. The van der Waals surface area contributed by atoms with E-state index >= 15 is 0 Å². The molecule has 5 rings (SSSR count). The minimum absolute atomic E-state index is 0.151. The van der Waals surface area contributed by atoms with Gasteiger partial charge in [0.05, 0.1) is 4.90 Å². The second-order valence-electron chi connectivity index (χ2n) is 8.35. The fourth-order valence-corrected chi connectivity index (χ4v) is 6.59. The highest BCUT2D eigenvalue weighted by atomic mass is 79.9. The number of nitrogens with one attached hydrogen (secondary N) is 1. The van der Waals surface area contributed by atoms with Gasteiger partial charge in [-0.3, -0.25) is 0 Å². The molecule has 7 heteroatoms. The number of fused-ring (bicyclic) bond motifs is 3. The molecule has 2 heterocycles. The number of halogens is 1. The van der Waals surface area contributed by atoms with Gasteiger partial charge in [-0.2, -0.15) is 0 Å². The molecule has 0 saturated carbocycles. The molecule has 4 aromatic rings. The monoisotopic (exact) mass is 510 g/mol. The first kappa shape index (κ1) is 21.2. The molecular weight excluding hydrogens is 488 g/mol. The van der Waals surface area contributed by atoms with Crippen LogP contribution in [-0.4, -0.2) is 24.7 Å². The molecule has 3 atom stereocenters. The zero-order valence-electron chi connectivity index (χ0n) is 17.7. The van der Waals surface area contributed by atoms with Crippen LogP contribution in [0.15, 0.2) is 82.2 Å². The molecule has 164 valence electrons. The van der Waals surface area contributed by atoms with Crippen molar-refractivity contribution in [3.8, 4) is 0 Å². The van der Waals surface area contributed by atoms with Crippen molar-refractivity contribution >= 4 is 42.7 Å². The summed E-state index contributed by atoms with van der Waals surface area (Å²) in [6.07, 6.45) is -1.23. The van der Waals surface area contributed by atoms with Crippen molar-refractivity contribution in [3.05, 3.63) is 94.0 Å². The molecule has 0 fully saturated rings. The molecular formula is C25H23BrN2O3S. The van der Waals surface area contributed by atoms with Crippen LogP contribution in [0.2, 0.25) is 0 Å². The zero-order valence-corrected chi connectivity index (χ0v) is 20.1. The number of nitrogens with zero attached hydrogens (tertiary/aromatic N) is 1. The molecule has 0 spiro atoms. The second kappa shape index (κ2) is 7.76. The summed E-state index contributed by atoms with van der Waals surface area (Å²) in [6, 6.07) is 22.5. The number of sulfonamides is 1. The van der Waals surface area contributed by atoms with E-state index in [-0.39, 0.29) is 16.7 Å². The van der Waals surface area contributed by atoms with Gasteiger partial charge in [0.25, 0.3) is 10.0 Å². The molecule has 0 saturated heterocycles. The fourth-order valence-electron chi connectivity index (χ4n) is 4.66. The van der Waals surface area contributed by atoms with Gasteiger partial charge >= 0.3 is 0 Å². The second-order valence-corrected chi connectivity index (χ2v) is 11.1. The highest BCUT2D eigenvalue weighted by molar-refractivity contribution is 9.10. The van der Waals surface area contributed by atoms with Gasteiger partial charge in [0.15, 0.2) is 0 Å². The van der Waals surface area contributed by atoms with Gasteiger partial charge in [-0.1, -0.05) is 76.9 Å². The van der Waals surface area contributed by atoms with Crippen LogP contribution in [0.3, 0.4) is 0 Å². The molecule has 1 aliphatic heterocycles. The Bertz CT molecular complexity index is 1400. The minimum atomic E-state index is -4.00. The summed E-state index contributed by atoms with van der Waals surface area (Å²) < 4.78 is 29.5. The maximum atomic E-state index is 13.7. The van der Waals surface area contributed by atoms with Crippen LogP contribution in [0, 0.1) is 12.8 Å². The first-order valence-corrected chi connectivity index (χ1v) is 12.7. The Morgan fingerprint density at radius 1 is 1.00 bits per heavy atom. The van der Waals surface area contributed by atoms with E-state index in [1.165, 1.54) is 0 Å². The van der Waals surface area contributed by atoms with Crippen molar-refractivity contribution in [1.29, 1.82) is 0 Å². The number of benzene rings is 3. The van der Waals surface area contributed by atoms with E-state index in [0.717, 1.165) is 36.4 Å². The lowest BCUT2D eigenvalue weighted by atomic mass is 9.78. The van der Waals surface area contributed by atoms with Crippen LogP contribution in [0.4, 0.5) is 5.82 Å². The van der Waals surface area contributed by atoms with Crippen molar-refractivity contribution in [2.24, 2.45) is 5.92 Å². The quantitative estimate of drug-likeness (QED) is 0.380. The average molecular weight is 511 g/mol. The van der Waals surface area contributed by atoms with Gasteiger partial charge in [-0.15, -0.1) is 0 Å². The summed E-state index contributed by atoms with van der Waals surface area (Å²) in [5.41, 5.74) is 3.70. The van der Waals surface area contributed by atoms with Gasteiger partial charge in [-0.05, 0) is 36.8 Å². The molecule has 32 heavy (non-hydrogen) atoms. The highest BCUT2D eigenvalue weighted by Gasteiger charge is 2.46. The van der Waals surface area contributed by atoms with Gasteiger partial charge in [0.2, 0.25) is 0 Å². The Hall–Kier alpha value is -2.61. The topological polar surface area (TPSA) is 73.4 Å². The van der Waals surface area contributed by atoms with Crippen LogP contribution in [0.25, 0.3) is 10.9 Å². The maximum absolute atomic E-state index is 13.7. The van der Waals surface area contributed by atoms with Crippen LogP contribution in [0.1, 0.15) is 29.5 Å². The van der Waals surface area contributed by atoms with Crippen LogP contribution in [-0.2, 0) is 10.0 Å². The number of hydrogen-bond donors (Lipinski definition) is 2. The molecule has 0 radical (unpaired) electrons. The number of anilines is 1. The molecule has 1 aromatic heterocycles. The van der Waals surface area contributed by atoms with E-state index in [9.17, 15) is 13.5 Å². The number of hydrogen-bond acceptors (Lipinski definition) is 3. The van der Waals surface area contributed by atoms with E-state index in [1.807, 2.05) is 62.4 Å². The zero-order chi connectivity index (χ0) is 22.6. The molecule has 0 amide bonds. The Morgan fingerprint density at radius 3 is 2.38 bits per heavy atom. The van der Waals surface area contributed by atoms with Crippen LogP contribution >= 0.6 is 15.9 Å². The first-order valence-electron chi connectivity index (χ1n) is 10.4. The predicted octanol–water partition coefficient (Wildman–Crippen LogP) is 5.53. The number of rotatable bonds is 3. The van der Waals surface area contributed by atoms with Crippen molar-refractivity contribution in [1.82, 2.24) is 4.98 Å². The van der Waals surface area contributed by atoms with Gasteiger partial charge in [0, 0.05) is 32.8 Å². The third-order valence-corrected chi connectivity index (χ3v) is 8.56. The lowest BCUT2D eigenvalue weighted by Gasteiger charge is -2.41. The molecule has 0 unspecified atom stereocenters. The minimum Gasteiger partial charge on any atom is -0.372 e. The van der Waals surface area contributed by atoms with Crippen LogP contribution < -0.4 is 4.31 Å². The molecule has 5 nitrogen and oxygen atoms in total. The van der Waals surface area contributed by atoms with E-state index in [4.69, 9.17) is 0 Å². The third-order valence-electron chi connectivity index (χ3n) is 6.28. The summed E-state index contributed by atoms with van der Waals surface area (Å²) in [4.78, 5) is 3.45. The molecule has 2 N–H and O–H groups in total. The molecule has 0 aliphatic carbocycles. The van der Waals surface area contributed by atoms with E-state index in [0.29, 0.717) is 5.82 Å². The SMILES string of the molecule is Cc1ccc(S(=O)(=O)N2c3[nH]c4cc(Br)ccc4c3[C@H](c3ccccc3)[C@@H](C)[C@H]2O)cc1. The first-order chi connectivity index (χ1) is 15.3. The summed E-state index contributed by atoms with van der Waals surface area (Å²) in [6.45, 7) is 3.81. The molecule has 0 bridgehead atoms. The lowest BCUT2D eigenvalue weighted by molar-refractivity contribution is 0.112. The lowest BCUT2D eigenvalue weighted by Crippen LogP contribution is -2.49. The van der Waals surface area contributed by atoms with Crippen molar-refractivity contribution < 1.29 is 13.5 Å². The third kappa shape index (κ3) is 3.27. The Morgan fingerprint density at radius 2 is 1.69 bits per heavy atom. The Kier molecular flexibility index (Phi) is 5.15. The highest BCUT2D eigenvalue weighted by Crippen LogP contribution is 2.49. The smallest absolute Gasteiger partial charge is 0.267 e. The van der Waals surface area contributed by atoms with E-state index in [1.54, 1.807) is 24.3 Å². The number of aromatic amines is 1. The number of H-pyrrole nitrogens is 1. The van der Waals surface area contributed by atoms with E-state index in [2.05, 4.69) is 20.9 Å². The maximum Gasteiger partial charge on any atom is 0.267 e. The van der Waals surface area contributed by atoms with Gasteiger partial charge in [-0.25, -0.2) is 12.7 Å². The summed E-state index contributed by atoms with van der Waals surface area (Å²) >= 11 is 3.51. The average Bonchev–Trinajstić information content (AvgIpc) is 3.12. The van der Waals surface area contributed by atoms with Crippen LogP contribution in [0.5, 0.6) is 0 Å². The summed E-state index contributed by atoms with van der Waals surface area (Å²) in [5, 5.41) is 12.3. The predicted molar refractivity (Wildman–Crippen MR) is 130 cm³/mol. The van der Waals surface area contributed by atoms with Crippen molar-refractivity contribution in [2.45, 2.75) is 30.9 Å². The standard InChI is InChI=1S/C25H23BrN2O3S/c1-15-8-11-19(12-9-15)32(30,31)28-24-23(20-13-10-18(26)14-21(20)27-24)22(16(2)25(28)29)17-6-4-3-5-7-17/h3-14,16,22,25,27,29H,1-2H3/t16-,22+,25-/m1/s1. The summed E-state index contributed by atoms with van der Waals surface area (Å²) in [7, 11) is -4.00. The number of aryl methyl sites for hydroxylation is 1. The Labute approximate surface area is 195 Å². The number of aromatic nitrogens is 1. The largest absolute Gasteiger partial charge is 0.372 e. The number of aliphatic hydroxyl groups excluding tert-OH is 1. The Balaban J connectivity index is 1.79. The van der Waals surface area contributed by atoms with Gasteiger partial charge < -0.3 is 10.1 Å². The van der Waals surface area contributed by atoms with Crippen molar-refractivity contribution in [3.63, 3.8) is 0 Å². The van der Waals surface area contributed by atoms with E-state index < -0.39 is 16.3 Å². The number of aliphatic hydroxyl groups is 1. The fraction of sp³-hybridized carbons (Fsp3) is 0.200. The summed E-state index contributed by atoms with van der Waals surface area (Å²) in [5.74, 6) is -0.119.